The maximum absolute atomic E-state index is 12.7. The summed E-state index contributed by atoms with van der Waals surface area (Å²) in [6.45, 7) is 6.87. The fourth-order valence-corrected chi connectivity index (χ4v) is 5.74. The van der Waals surface area contributed by atoms with E-state index in [0.717, 1.165) is 51.0 Å². The molecule has 142 valence electrons. The third-order valence-corrected chi connectivity index (χ3v) is 6.64. The van der Waals surface area contributed by atoms with Crippen LogP contribution in [0.15, 0.2) is 24.3 Å². The average Bonchev–Trinajstić information content (AvgIpc) is 2.56. The summed E-state index contributed by atoms with van der Waals surface area (Å²) in [5.41, 5.74) is 7.72. The van der Waals surface area contributed by atoms with Gasteiger partial charge < -0.3 is 11.1 Å². The molecule has 1 fully saturated rings. The molecule has 5 nitrogen and oxygen atoms in total. The molecule has 1 aliphatic rings. The highest BCUT2D eigenvalue weighted by molar-refractivity contribution is 7.91. The summed E-state index contributed by atoms with van der Waals surface area (Å²) in [4.78, 5) is 2.22. The first-order valence-corrected chi connectivity index (χ1v) is 11.3. The van der Waals surface area contributed by atoms with E-state index in [0.29, 0.717) is 0 Å². The molecule has 0 amide bonds. The SMILES string of the molecule is CCCN(C(C)Cc1ccc(N)cc1)C(C1CCNCC1)S(C)(=O)=O. The Kier molecular flexibility index (Phi) is 7.28. The highest BCUT2D eigenvalue weighted by Crippen LogP contribution is 2.28. The van der Waals surface area contributed by atoms with Crippen LogP contribution in [0.3, 0.4) is 0 Å². The van der Waals surface area contributed by atoms with Crippen molar-refractivity contribution >= 4 is 15.5 Å². The van der Waals surface area contributed by atoms with Gasteiger partial charge in [-0.2, -0.15) is 0 Å². The van der Waals surface area contributed by atoms with Gasteiger partial charge in [-0.25, -0.2) is 8.42 Å². The summed E-state index contributed by atoms with van der Waals surface area (Å²) in [6, 6.07) is 8.06. The number of nitrogens with zero attached hydrogens (tertiary/aromatic N) is 1. The highest BCUT2D eigenvalue weighted by atomic mass is 32.2. The Balaban J connectivity index is 2.22. The van der Waals surface area contributed by atoms with Crippen molar-refractivity contribution in [2.45, 2.75) is 50.9 Å². The van der Waals surface area contributed by atoms with Gasteiger partial charge in [0.15, 0.2) is 9.84 Å². The normalized spacial score (nSPS) is 19.0. The lowest BCUT2D eigenvalue weighted by molar-refractivity contribution is 0.131. The van der Waals surface area contributed by atoms with Crippen molar-refractivity contribution in [3.05, 3.63) is 29.8 Å². The van der Waals surface area contributed by atoms with E-state index in [1.807, 2.05) is 24.3 Å². The minimum Gasteiger partial charge on any atom is -0.399 e. The molecule has 0 spiro atoms. The molecule has 1 aliphatic heterocycles. The van der Waals surface area contributed by atoms with E-state index in [1.54, 1.807) is 0 Å². The van der Waals surface area contributed by atoms with E-state index in [1.165, 1.54) is 11.8 Å². The van der Waals surface area contributed by atoms with Crippen molar-refractivity contribution in [3.63, 3.8) is 0 Å². The van der Waals surface area contributed by atoms with E-state index in [2.05, 4.69) is 24.1 Å². The van der Waals surface area contributed by atoms with Gasteiger partial charge in [-0.3, -0.25) is 4.90 Å². The zero-order valence-corrected chi connectivity index (χ0v) is 16.6. The van der Waals surface area contributed by atoms with Crippen molar-refractivity contribution in [3.8, 4) is 0 Å². The fraction of sp³-hybridized carbons (Fsp3) is 0.684. The van der Waals surface area contributed by atoms with E-state index in [4.69, 9.17) is 5.73 Å². The van der Waals surface area contributed by atoms with Crippen LogP contribution in [-0.4, -0.2) is 50.6 Å². The molecule has 2 rings (SSSR count). The second-order valence-corrected chi connectivity index (χ2v) is 9.48. The maximum Gasteiger partial charge on any atom is 0.163 e. The molecule has 0 aromatic heterocycles. The molecule has 2 atom stereocenters. The summed E-state index contributed by atoms with van der Waals surface area (Å²) >= 11 is 0. The molecule has 0 bridgehead atoms. The zero-order chi connectivity index (χ0) is 18.4. The maximum atomic E-state index is 12.7. The molecule has 2 unspecified atom stereocenters. The second-order valence-electron chi connectivity index (χ2n) is 7.34. The standard InChI is InChI=1S/C19H33N3O2S/c1-4-13-22(15(2)14-16-5-7-18(20)8-6-16)19(25(3,23)24)17-9-11-21-12-10-17/h5-8,15,17,19,21H,4,9-14,20H2,1-3H3. The third-order valence-electron chi connectivity index (χ3n) is 5.11. The first-order chi connectivity index (χ1) is 11.8. The third kappa shape index (κ3) is 5.69. The van der Waals surface area contributed by atoms with Gasteiger partial charge in [0, 0.05) is 18.0 Å². The Labute approximate surface area is 152 Å². The quantitative estimate of drug-likeness (QED) is 0.690. The van der Waals surface area contributed by atoms with Gasteiger partial charge >= 0.3 is 0 Å². The van der Waals surface area contributed by atoms with Crippen molar-refractivity contribution in [1.82, 2.24) is 10.2 Å². The molecule has 6 heteroatoms. The second kappa shape index (κ2) is 9.01. The van der Waals surface area contributed by atoms with Gasteiger partial charge in [0.25, 0.3) is 0 Å². The van der Waals surface area contributed by atoms with Crippen LogP contribution >= 0.6 is 0 Å². The summed E-state index contributed by atoms with van der Waals surface area (Å²) in [7, 11) is -3.15. The number of nitrogens with one attached hydrogen (secondary N) is 1. The smallest absolute Gasteiger partial charge is 0.163 e. The molecule has 0 saturated carbocycles. The molecule has 0 aliphatic carbocycles. The van der Waals surface area contributed by atoms with Gasteiger partial charge in [-0.1, -0.05) is 19.1 Å². The predicted octanol–water partition coefficient (Wildman–Crippen LogP) is 2.28. The molecule has 25 heavy (non-hydrogen) atoms. The van der Waals surface area contributed by atoms with Crippen LogP contribution in [0.4, 0.5) is 5.69 Å². The molecule has 1 saturated heterocycles. The van der Waals surface area contributed by atoms with E-state index in [-0.39, 0.29) is 12.0 Å². The first-order valence-electron chi connectivity index (χ1n) is 9.32. The van der Waals surface area contributed by atoms with Gasteiger partial charge in [0.1, 0.15) is 5.37 Å². The topological polar surface area (TPSA) is 75.4 Å². The van der Waals surface area contributed by atoms with Crippen LogP contribution in [0.5, 0.6) is 0 Å². The Morgan fingerprint density at radius 2 is 1.84 bits per heavy atom. The summed E-state index contributed by atoms with van der Waals surface area (Å²) in [6.07, 6.45) is 5.03. The number of hydrogen-bond donors (Lipinski definition) is 2. The minimum atomic E-state index is -3.15. The number of hydrogen-bond acceptors (Lipinski definition) is 5. The van der Waals surface area contributed by atoms with Crippen molar-refractivity contribution in [2.75, 3.05) is 31.6 Å². The predicted molar refractivity (Wildman–Crippen MR) is 105 cm³/mol. The first kappa shape index (κ1) is 20.2. The van der Waals surface area contributed by atoms with E-state index in [9.17, 15) is 8.42 Å². The molecule has 1 heterocycles. The number of nitrogens with two attached hydrogens (primary N) is 1. The number of nitrogen functional groups attached to an aromatic ring is 1. The fourth-order valence-electron chi connectivity index (χ4n) is 3.96. The molecule has 0 radical (unpaired) electrons. The Bertz CT molecular complexity index is 625. The van der Waals surface area contributed by atoms with Crippen LogP contribution in [0, 0.1) is 5.92 Å². The Morgan fingerprint density at radius 1 is 1.24 bits per heavy atom. The minimum absolute atomic E-state index is 0.165. The van der Waals surface area contributed by atoms with E-state index < -0.39 is 15.2 Å². The summed E-state index contributed by atoms with van der Waals surface area (Å²) in [5.74, 6) is 0.205. The molecular weight excluding hydrogens is 334 g/mol. The Morgan fingerprint density at radius 3 is 2.36 bits per heavy atom. The van der Waals surface area contributed by atoms with Crippen molar-refractivity contribution in [1.29, 1.82) is 0 Å². The van der Waals surface area contributed by atoms with Crippen LogP contribution < -0.4 is 11.1 Å². The van der Waals surface area contributed by atoms with Crippen molar-refractivity contribution < 1.29 is 8.42 Å². The Hall–Kier alpha value is -1.11. The van der Waals surface area contributed by atoms with Gasteiger partial charge in [-0.15, -0.1) is 0 Å². The van der Waals surface area contributed by atoms with Crippen LogP contribution in [0.25, 0.3) is 0 Å². The molecule has 3 N–H and O–H groups in total. The highest BCUT2D eigenvalue weighted by Gasteiger charge is 2.37. The van der Waals surface area contributed by atoms with E-state index >= 15 is 0 Å². The largest absolute Gasteiger partial charge is 0.399 e. The monoisotopic (exact) mass is 367 g/mol. The molecule has 1 aromatic carbocycles. The number of anilines is 1. The molecule has 1 aromatic rings. The lowest BCUT2D eigenvalue weighted by Crippen LogP contribution is -2.52. The van der Waals surface area contributed by atoms with Crippen molar-refractivity contribution in [2.24, 2.45) is 5.92 Å². The molecular formula is C19H33N3O2S. The number of sulfone groups is 1. The lowest BCUT2D eigenvalue weighted by atomic mass is 9.95. The summed E-state index contributed by atoms with van der Waals surface area (Å²) < 4.78 is 25.3. The van der Waals surface area contributed by atoms with Crippen LogP contribution in [-0.2, 0) is 16.3 Å². The average molecular weight is 368 g/mol. The number of benzene rings is 1. The lowest BCUT2D eigenvalue weighted by Gasteiger charge is -2.41. The summed E-state index contributed by atoms with van der Waals surface area (Å²) in [5, 5.41) is 2.95. The number of piperidine rings is 1. The van der Waals surface area contributed by atoms with Crippen LogP contribution in [0.1, 0.15) is 38.7 Å². The zero-order valence-electron chi connectivity index (χ0n) is 15.7. The van der Waals surface area contributed by atoms with Gasteiger partial charge in [0.05, 0.1) is 0 Å². The van der Waals surface area contributed by atoms with Crippen LogP contribution in [0.2, 0.25) is 0 Å². The number of rotatable bonds is 8. The van der Waals surface area contributed by atoms with Gasteiger partial charge in [-0.05, 0) is 75.9 Å². The van der Waals surface area contributed by atoms with Gasteiger partial charge in [0.2, 0.25) is 0 Å².